The summed E-state index contributed by atoms with van der Waals surface area (Å²) in [6.45, 7) is 4.41. The molecule has 1 aliphatic rings. The maximum absolute atomic E-state index is 13.8. The number of benzene rings is 1. The van der Waals surface area contributed by atoms with E-state index in [0.717, 1.165) is 0 Å². The van der Waals surface area contributed by atoms with E-state index in [1.54, 1.807) is 6.07 Å². The molecule has 0 radical (unpaired) electrons. The Morgan fingerprint density at radius 1 is 1.38 bits per heavy atom. The van der Waals surface area contributed by atoms with Crippen LogP contribution in [-0.4, -0.2) is 48.6 Å². The van der Waals surface area contributed by atoms with Gasteiger partial charge < -0.3 is 15.0 Å². The van der Waals surface area contributed by atoms with Crippen LogP contribution in [0.4, 0.5) is 4.39 Å². The number of hydrogen-bond acceptors (Lipinski definition) is 3. The first-order chi connectivity index (χ1) is 10.0. The quantitative estimate of drug-likeness (QED) is 0.911. The highest BCUT2D eigenvalue weighted by atomic mass is 19.1. The molecule has 1 aromatic rings. The Morgan fingerprint density at radius 2 is 2.10 bits per heavy atom. The number of amides is 2. The average Bonchev–Trinajstić information content (AvgIpc) is 2.46. The van der Waals surface area contributed by atoms with Crippen molar-refractivity contribution in [2.45, 2.75) is 25.9 Å². The summed E-state index contributed by atoms with van der Waals surface area (Å²) in [5.74, 6) is -1.35. The fraction of sp³-hybridized carbons (Fsp3) is 0.467. The molecule has 1 fully saturated rings. The number of nitrogens with one attached hydrogen (secondary N) is 1. The molecule has 2 amide bonds. The molecule has 21 heavy (non-hydrogen) atoms. The Hall–Kier alpha value is -1.95. The molecule has 0 bridgehead atoms. The van der Waals surface area contributed by atoms with Crippen molar-refractivity contribution in [2.24, 2.45) is 0 Å². The maximum atomic E-state index is 13.8. The van der Waals surface area contributed by atoms with E-state index in [-0.39, 0.29) is 30.7 Å². The number of halogens is 1. The summed E-state index contributed by atoms with van der Waals surface area (Å²) in [7, 11) is 0. The molecule has 6 heteroatoms. The number of carbonyl (C=O) groups excluding carboxylic acids is 2. The van der Waals surface area contributed by atoms with Crippen LogP contribution in [0.15, 0.2) is 24.3 Å². The molecule has 1 aromatic carbocycles. The molecule has 2 rings (SSSR count). The van der Waals surface area contributed by atoms with Crippen LogP contribution in [-0.2, 0) is 9.53 Å². The number of nitrogens with zero attached hydrogens (tertiary/aromatic N) is 1. The maximum Gasteiger partial charge on any atom is 0.257 e. The van der Waals surface area contributed by atoms with E-state index < -0.39 is 17.8 Å². The van der Waals surface area contributed by atoms with Gasteiger partial charge in [-0.2, -0.15) is 0 Å². The first-order valence-corrected chi connectivity index (χ1v) is 6.94. The molecular weight excluding hydrogens is 275 g/mol. The van der Waals surface area contributed by atoms with Crippen molar-refractivity contribution in [2.75, 3.05) is 19.8 Å². The molecule has 1 atom stereocenters. The highest BCUT2D eigenvalue weighted by Crippen LogP contribution is 2.15. The summed E-state index contributed by atoms with van der Waals surface area (Å²) >= 11 is 0. The molecule has 5 nitrogen and oxygen atoms in total. The van der Waals surface area contributed by atoms with E-state index in [1.165, 1.54) is 23.1 Å². The third kappa shape index (κ3) is 3.58. The molecule has 1 aliphatic heterocycles. The van der Waals surface area contributed by atoms with Crippen LogP contribution < -0.4 is 5.32 Å². The highest BCUT2D eigenvalue weighted by Gasteiger charge is 2.34. The number of ether oxygens (including phenoxy) is 1. The van der Waals surface area contributed by atoms with Crippen LogP contribution in [0.2, 0.25) is 0 Å². The Morgan fingerprint density at radius 3 is 2.76 bits per heavy atom. The van der Waals surface area contributed by atoms with Crippen molar-refractivity contribution in [1.29, 1.82) is 0 Å². The van der Waals surface area contributed by atoms with E-state index in [9.17, 15) is 14.0 Å². The Labute approximate surface area is 123 Å². The molecular formula is C15H19FN2O3. The molecule has 0 saturated carbocycles. The lowest BCUT2D eigenvalue weighted by atomic mass is 10.1. The van der Waals surface area contributed by atoms with Gasteiger partial charge in [0.05, 0.1) is 18.8 Å². The standard InChI is InChI=1S/C15H19FN2O3/c1-10(2)17-14(19)13-9-21-8-7-18(13)15(20)11-5-3-4-6-12(11)16/h3-6,10,13H,7-9H2,1-2H3,(H,17,19). The Balaban J connectivity index is 2.20. The zero-order valence-electron chi connectivity index (χ0n) is 12.1. The van der Waals surface area contributed by atoms with Crippen molar-refractivity contribution in [3.05, 3.63) is 35.6 Å². The van der Waals surface area contributed by atoms with Gasteiger partial charge in [0.2, 0.25) is 5.91 Å². The molecule has 1 saturated heterocycles. The largest absolute Gasteiger partial charge is 0.377 e. The van der Waals surface area contributed by atoms with Gasteiger partial charge in [-0.15, -0.1) is 0 Å². The highest BCUT2D eigenvalue weighted by molar-refractivity contribution is 5.98. The minimum absolute atomic E-state index is 0.0262. The second kappa shape index (κ2) is 6.67. The van der Waals surface area contributed by atoms with Crippen LogP contribution in [0, 0.1) is 5.82 Å². The van der Waals surface area contributed by atoms with E-state index >= 15 is 0 Å². The van der Waals surface area contributed by atoms with Gasteiger partial charge in [0, 0.05) is 12.6 Å². The van der Waals surface area contributed by atoms with Gasteiger partial charge in [-0.3, -0.25) is 9.59 Å². The van der Waals surface area contributed by atoms with E-state index in [1.807, 2.05) is 13.8 Å². The molecule has 0 aromatic heterocycles. The summed E-state index contributed by atoms with van der Waals surface area (Å²) in [6, 6.07) is 5.01. The third-order valence-electron chi connectivity index (χ3n) is 3.23. The van der Waals surface area contributed by atoms with Crippen molar-refractivity contribution < 1.29 is 18.7 Å². The van der Waals surface area contributed by atoms with Gasteiger partial charge in [-0.25, -0.2) is 4.39 Å². The number of carbonyl (C=O) groups is 2. The van der Waals surface area contributed by atoms with Gasteiger partial charge in [0.25, 0.3) is 5.91 Å². The van der Waals surface area contributed by atoms with Crippen LogP contribution in [0.5, 0.6) is 0 Å². The lowest BCUT2D eigenvalue weighted by Gasteiger charge is -2.35. The van der Waals surface area contributed by atoms with Gasteiger partial charge >= 0.3 is 0 Å². The number of hydrogen-bond donors (Lipinski definition) is 1. The van der Waals surface area contributed by atoms with E-state index in [4.69, 9.17) is 4.74 Å². The fourth-order valence-electron chi connectivity index (χ4n) is 2.23. The Bertz CT molecular complexity index is 533. The van der Waals surface area contributed by atoms with Crippen molar-refractivity contribution in [3.8, 4) is 0 Å². The van der Waals surface area contributed by atoms with E-state index in [2.05, 4.69) is 5.32 Å². The molecule has 1 N–H and O–H groups in total. The lowest BCUT2D eigenvalue weighted by Crippen LogP contribution is -2.56. The summed E-state index contributed by atoms with van der Waals surface area (Å²) in [4.78, 5) is 26.0. The van der Waals surface area contributed by atoms with Crippen molar-refractivity contribution >= 4 is 11.8 Å². The molecule has 0 spiro atoms. The van der Waals surface area contributed by atoms with Crippen molar-refractivity contribution in [3.63, 3.8) is 0 Å². The van der Waals surface area contributed by atoms with Gasteiger partial charge in [0.15, 0.2) is 0 Å². The molecule has 1 unspecified atom stereocenters. The van der Waals surface area contributed by atoms with Gasteiger partial charge in [0.1, 0.15) is 11.9 Å². The normalized spacial score (nSPS) is 18.7. The molecule has 114 valence electrons. The summed E-state index contributed by atoms with van der Waals surface area (Å²) in [6.07, 6.45) is 0. The zero-order chi connectivity index (χ0) is 15.4. The Kier molecular flexibility index (Phi) is 4.90. The minimum atomic E-state index is -0.728. The fourth-order valence-corrected chi connectivity index (χ4v) is 2.23. The van der Waals surface area contributed by atoms with Crippen LogP contribution in [0.3, 0.4) is 0 Å². The predicted octanol–water partition coefficient (Wildman–Crippen LogP) is 1.19. The first-order valence-electron chi connectivity index (χ1n) is 6.94. The number of rotatable bonds is 3. The molecule has 0 aliphatic carbocycles. The van der Waals surface area contributed by atoms with Gasteiger partial charge in [-0.05, 0) is 26.0 Å². The van der Waals surface area contributed by atoms with Crippen LogP contribution in [0.25, 0.3) is 0 Å². The lowest BCUT2D eigenvalue weighted by molar-refractivity contribution is -0.131. The zero-order valence-corrected chi connectivity index (χ0v) is 12.1. The molecule has 1 heterocycles. The second-order valence-electron chi connectivity index (χ2n) is 5.23. The first kappa shape index (κ1) is 15.4. The summed E-state index contributed by atoms with van der Waals surface area (Å²) < 4.78 is 19.0. The SMILES string of the molecule is CC(C)NC(=O)C1COCCN1C(=O)c1ccccc1F. The summed E-state index contributed by atoms with van der Waals surface area (Å²) in [5, 5.41) is 2.76. The predicted molar refractivity (Wildman–Crippen MR) is 75.3 cm³/mol. The summed E-state index contributed by atoms with van der Waals surface area (Å²) in [5.41, 5.74) is -0.0262. The monoisotopic (exact) mass is 294 g/mol. The average molecular weight is 294 g/mol. The van der Waals surface area contributed by atoms with Gasteiger partial charge in [-0.1, -0.05) is 12.1 Å². The minimum Gasteiger partial charge on any atom is -0.377 e. The number of morpholine rings is 1. The van der Waals surface area contributed by atoms with Crippen molar-refractivity contribution in [1.82, 2.24) is 10.2 Å². The second-order valence-corrected chi connectivity index (χ2v) is 5.23. The van der Waals surface area contributed by atoms with Crippen LogP contribution >= 0.6 is 0 Å². The smallest absolute Gasteiger partial charge is 0.257 e. The topological polar surface area (TPSA) is 58.6 Å². The third-order valence-corrected chi connectivity index (χ3v) is 3.23. The van der Waals surface area contributed by atoms with E-state index in [0.29, 0.717) is 6.61 Å². The van der Waals surface area contributed by atoms with Crippen LogP contribution in [0.1, 0.15) is 24.2 Å².